The average Bonchev–Trinajstić information content (AvgIpc) is 2.53. The largest absolute Gasteiger partial charge is 0.458 e. The highest BCUT2D eigenvalue weighted by Gasteiger charge is 2.50. The fourth-order valence-electron chi connectivity index (χ4n) is 1.57. The molecule has 102 valence electrons. The van der Waals surface area contributed by atoms with Gasteiger partial charge in [-0.05, 0) is 0 Å². The van der Waals surface area contributed by atoms with Crippen LogP contribution in [0.25, 0.3) is 0 Å². The van der Waals surface area contributed by atoms with E-state index in [0.717, 1.165) is 0 Å². The van der Waals surface area contributed by atoms with Crippen LogP contribution in [0.1, 0.15) is 13.8 Å². The maximum atomic E-state index is 11.5. The van der Waals surface area contributed by atoms with Gasteiger partial charge in [-0.1, -0.05) is 31.9 Å². The number of cyclic esters (lactones) is 1. The third-order valence-electron chi connectivity index (χ3n) is 2.23. The van der Waals surface area contributed by atoms with Gasteiger partial charge in [-0.25, -0.2) is 0 Å². The van der Waals surface area contributed by atoms with Gasteiger partial charge in [-0.2, -0.15) is 0 Å². The number of hydrogen-bond acceptors (Lipinski definition) is 6. The van der Waals surface area contributed by atoms with E-state index < -0.39 is 41.0 Å². The van der Waals surface area contributed by atoms with Crippen LogP contribution in [0.5, 0.6) is 0 Å². The van der Waals surface area contributed by atoms with Crippen LogP contribution in [-0.4, -0.2) is 46.4 Å². The number of alkyl halides is 2. The van der Waals surface area contributed by atoms with Crippen LogP contribution in [0.3, 0.4) is 0 Å². The first kappa shape index (κ1) is 15.4. The summed E-state index contributed by atoms with van der Waals surface area (Å²) in [6.45, 7) is 2.48. The number of rotatable bonds is 4. The summed E-state index contributed by atoms with van der Waals surface area (Å²) in [5, 5.41) is 0.266. The number of esters is 3. The molecule has 0 N–H and O–H groups in total. The van der Waals surface area contributed by atoms with Gasteiger partial charge in [0.05, 0.1) is 0 Å². The second kappa shape index (κ2) is 6.51. The van der Waals surface area contributed by atoms with Crippen LogP contribution in [0.4, 0.5) is 0 Å². The molecule has 0 saturated carbocycles. The van der Waals surface area contributed by atoms with Crippen LogP contribution in [0, 0.1) is 0 Å². The van der Waals surface area contributed by atoms with Crippen molar-refractivity contribution in [1.29, 1.82) is 0 Å². The molecule has 0 aromatic heterocycles. The van der Waals surface area contributed by atoms with Gasteiger partial charge in [0.15, 0.2) is 23.1 Å². The van der Waals surface area contributed by atoms with Gasteiger partial charge in [0.1, 0.15) is 0 Å². The smallest absolute Gasteiger partial charge is 0.324 e. The van der Waals surface area contributed by atoms with Gasteiger partial charge in [-0.15, -0.1) is 0 Å². The number of halogens is 2. The summed E-state index contributed by atoms with van der Waals surface area (Å²) in [7, 11) is 0. The van der Waals surface area contributed by atoms with Crippen molar-refractivity contribution >= 4 is 49.8 Å². The third kappa shape index (κ3) is 3.68. The lowest BCUT2D eigenvalue weighted by Crippen LogP contribution is -2.43. The maximum absolute atomic E-state index is 11.5. The lowest BCUT2D eigenvalue weighted by molar-refractivity contribution is -0.165. The Kier molecular flexibility index (Phi) is 5.58. The molecule has 0 spiro atoms. The van der Waals surface area contributed by atoms with Crippen LogP contribution in [-0.2, 0) is 28.6 Å². The van der Waals surface area contributed by atoms with Gasteiger partial charge in [0.2, 0.25) is 0 Å². The molecule has 0 bridgehead atoms. The summed E-state index contributed by atoms with van der Waals surface area (Å²) >= 11 is 6.26. The number of hydrogen-bond donors (Lipinski definition) is 0. The van der Waals surface area contributed by atoms with Crippen LogP contribution < -0.4 is 0 Å². The van der Waals surface area contributed by atoms with Crippen molar-refractivity contribution in [3.8, 4) is 0 Å². The first-order chi connectivity index (χ1) is 8.36. The predicted octanol–water partition coefficient (Wildman–Crippen LogP) is 0.934. The maximum Gasteiger partial charge on any atom is 0.324 e. The Morgan fingerprint density at radius 1 is 1.39 bits per heavy atom. The fourth-order valence-corrected chi connectivity index (χ4v) is 2.59. The van der Waals surface area contributed by atoms with Crippen molar-refractivity contribution < 1.29 is 28.6 Å². The van der Waals surface area contributed by atoms with Crippen molar-refractivity contribution in [2.75, 3.05) is 5.33 Å². The van der Waals surface area contributed by atoms with Gasteiger partial charge in [0.25, 0.3) is 0 Å². The lowest BCUT2D eigenvalue weighted by atomic mass is 10.1. The number of carbonyl (C=O) groups excluding carboxylic acids is 3. The minimum atomic E-state index is -0.825. The molecule has 6 nitrogen and oxygen atoms in total. The molecule has 8 heteroatoms. The summed E-state index contributed by atoms with van der Waals surface area (Å²) in [5.41, 5.74) is 0. The molecule has 1 aliphatic heterocycles. The Morgan fingerprint density at radius 2 is 2.00 bits per heavy atom. The van der Waals surface area contributed by atoms with Gasteiger partial charge >= 0.3 is 17.9 Å². The standard InChI is InChI=1S/C10H12Br2O6/c1-4(13)16-6(3-11)8-9(17-5(2)14)7(12)10(15)18-8/h6-9H,3H2,1-2H3/t6-,7-,8+,9-/m1/s1. The van der Waals surface area contributed by atoms with Crippen molar-refractivity contribution in [2.45, 2.75) is 37.0 Å². The Balaban J connectivity index is 2.85. The molecule has 1 aliphatic rings. The second-order valence-corrected chi connectivity index (χ2v) is 5.31. The summed E-state index contributed by atoms with van der Waals surface area (Å²) in [5.74, 6) is -1.59. The molecule has 0 unspecified atom stereocenters. The highest BCUT2D eigenvalue weighted by atomic mass is 79.9. The van der Waals surface area contributed by atoms with E-state index in [1.54, 1.807) is 0 Å². The molecule has 0 radical (unpaired) electrons. The van der Waals surface area contributed by atoms with E-state index in [1.165, 1.54) is 13.8 Å². The van der Waals surface area contributed by atoms with Gasteiger partial charge in [0, 0.05) is 19.2 Å². The molecule has 1 fully saturated rings. The first-order valence-electron chi connectivity index (χ1n) is 5.11. The van der Waals surface area contributed by atoms with Crippen LogP contribution in [0.15, 0.2) is 0 Å². The van der Waals surface area contributed by atoms with E-state index in [1.807, 2.05) is 0 Å². The van der Waals surface area contributed by atoms with Crippen molar-refractivity contribution in [1.82, 2.24) is 0 Å². The zero-order valence-corrected chi connectivity index (χ0v) is 12.9. The van der Waals surface area contributed by atoms with Crippen LogP contribution in [0.2, 0.25) is 0 Å². The van der Waals surface area contributed by atoms with E-state index in [9.17, 15) is 14.4 Å². The third-order valence-corrected chi connectivity index (χ3v) is 3.76. The van der Waals surface area contributed by atoms with Gasteiger partial charge in [-0.3, -0.25) is 14.4 Å². The Hall–Kier alpha value is -0.630. The summed E-state index contributed by atoms with van der Waals surface area (Å²) in [6.07, 6.45) is -2.36. The van der Waals surface area contributed by atoms with E-state index in [-0.39, 0.29) is 5.33 Å². The Bertz CT molecular complexity index is 358. The molecule has 0 aliphatic carbocycles. The molecule has 1 rings (SSSR count). The van der Waals surface area contributed by atoms with Gasteiger partial charge < -0.3 is 14.2 Å². The summed E-state index contributed by atoms with van der Waals surface area (Å²) in [6, 6.07) is 0. The van der Waals surface area contributed by atoms with E-state index in [4.69, 9.17) is 14.2 Å². The Labute approximate surface area is 121 Å². The molecule has 0 amide bonds. The molecular formula is C10H12Br2O6. The molecule has 4 atom stereocenters. The highest BCUT2D eigenvalue weighted by molar-refractivity contribution is 9.10. The zero-order valence-electron chi connectivity index (χ0n) is 9.72. The normalized spacial score (nSPS) is 28.4. The first-order valence-corrected chi connectivity index (χ1v) is 7.15. The average molecular weight is 388 g/mol. The SMILES string of the molecule is CC(=O)O[C@H]1[C@H]([C@@H](CBr)OC(C)=O)OC(=O)[C@@H]1Br. The second-order valence-electron chi connectivity index (χ2n) is 3.68. The molecule has 0 aromatic carbocycles. The molecular weight excluding hydrogens is 376 g/mol. The van der Waals surface area contributed by atoms with Crippen LogP contribution >= 0.6 is 31.9 Å². The fraction of sp³-hybridized carbons (Fsp3) is 0.700. The van der Waals surface area contributed by atoms with E-state index in [2.05, 4.69) is 31.9 Å². The van der Waals surface area contributed by atoms with E-state index >= 15 is 0 Å². The minimum absolute atomic E-state index is 0.266. The van der Waals surface area contributed by atoms with Crippen molar-refractivity contribution in [3.63, 3.8) is 0 Å². The molecule has 18 heavy (non-hydrogen) atoms. The minimum Gasteiger partial charge on any atom is -0.458 e. The Morgan fingerprint density at radius 3 is 2.44 bits per heavy atom. The monoisotopic (exact) mass is 386 g/mol. The predicted molar refractivity (Wildman–Crippen MR) is 67.5 cm³/mol. The lowest BCUT2D eigenvalue weighted by Gasteiger charge is -2.25. The summed E-state index contributed by atoms with van der Waals surface area (Å²) in [4.78, 5) is 32.7. The number of ether oxygens (including phenoxy) is 3. The quantitative estimate of drug-likeness (QED) is 0.405. The van der Waals surface area contributed by atoms with E-state index in [0.29, 0.717) is 0 Å². The number of carbonyl (C=O) groups is 3. The molecule has 1 heterocycles. The highest BCUT2D eigenvalue weighted by Crippen LogP contribution is 2.29. The van der Waals surface area contributed by atoms with Crippen molar-refractivity contribution in [2.24, 2.45) is 0 Å². The topological polar surface area (TPSA) is 78.9 Å². The molecule has 0 aromatic rings. The zero-order chi connectivity index (χ0) is 13.9. The summed E-state index contributed by atoms with van der Waals surface area (Å²) < 4.78 is 15.1. The van der Waals surface area contributed by atoms with Crippen molar-refractivity contribution in [3.05, 3.63) is 0 Å². The molecule has 1 saturated heterocycles.